The van der Waals surface area contributed by atoms with Crippen molar-refractivity contribution in [3.8, 4) is 0 Å². The van der Waals surface area contributed by atoms with Crippen LogP contribution >= 0.6 is 0 Å². The predicted molar refractivity (Wildman–Crippen MR) is 47.0 cm³/mol. The molecule has 74 valence electrons. The van der Waals surface area contributed by atoms with Crippen LogP contribution in [0.2, 0.25) is 0 Å². The van der Waals surface area contributed by atoms with Crippen molar-refractivity contribution < 1.29 is 14.3 Å². The van der Waals surface area contributed by atoms with Crippen molar-refractivity contribution in [1.82, 2.24) is 0 Å². The Morgan fingerprint density at radius 2 is 2.31 bits per heavy atom. The van der Waals surface area contributed by atoms with E-state index in [1.807, 2.05) is 0 Å². The van der Waals surface area contributed by atoms with E-state index in [0.29, 0.717) is 19.3 Å². The Labute approximate surface area is 77.4 Å². The lowest BCUT2D eigenvalue weighted by molar-refractivity contribution is -0.148. The first kappa shape index (κ1) is 10.2. The summed E-state index contributed by atoms with van der Waals surface area (Å²) in [5, 5.41) is 0. The maximum Gasteiger partial charge on any atom is 0.325 e. The van der Waals surface area contributed by atoms with Crippen LogP contribution in [0.25, 0.3) is 0 Å². The molecule has 0 aliphatic heterocycles. The molecule has 0 aromatic carbocycles. The van der Waals surface area contributed by atoms with Crippen LogP contribution in [-0.2, 0) is 14.3 Å². The number of ether oxygens (including phenoxy) is 1. The Morgan fingerprint density at radius 3 is 2.69 bits per heavy atom. The summed E-state index contributed by atoms with van der Waals surface area (Å²) in [4.78, 5) is 22.3. The summed E-state index contributed by atoms with van der Waals surface area (Å²) in [6, 6.07) is 0. The summed E-state index contributed by atoms with van der Waals surface area (Å²) >= 11 is 0. The predicted octanol–water partition coefficient (Wildman–Crippen LogP) is 0.246. The summed E-state index contributed by atoms with van der Waals surface area (Å²) in [6.45, 7) is 1.63. The van der Waals surface area contributed by atoms with E-state index in [9.17, 15) is 9.59 Å². The SMILES string of the molecule is COC(=O)[C@](C)(N)[C@H]1CCC(=O)C1. The number of carbonyl (C=O) groups is 2. The summed E-state index contributed by atoms with van der Waals surface area (Å²) in [5.41, 5.74) is 4.80. The second-order valence-corrected chi connectivity index (χ2v) is 3.75. The maximum absolute atomic E-state index is 11.3. The minimum atomic E-state index is -1.01. The van der Waals surface area contributed by atoms with Gasteiger partial charge in [-0.3, -0.25) is 9.59 Å². The van der Waals surface area contributed by atoms with Gasteiger partial charge >= 0.3 is 5.97 Å². The second kappa shape index (κ2) is 3.46. The van der Waals surface area contributed by atoms with Crippen LogP contribution in [0, 0.1) is 5.92 Å². The van der Waals surface area contributed by atoms with Gasteiger partial charge in [0.2, 0.25) is 0 Å². The molecule has 0 unspecified atom stereocenters. The Bertz CT molecular complexity index is 235. The fourth-order valence-corrected chi connectivity index (χ4v) is 1.71. The van der Waals surface area contributed by atoms with E-state index in [1.54, 1.807) is 6.92 Å². The van der Waals surface area contributed by atoms with Crippen LogP contribution in [0.15, 0.2) is 0 Å². The zero-order valence-electron chi connectivity index (χ0n) is 8.00. The number of hydrogen-bond acceptors (Lipinski definition) is 4. The summed E-state index contributed by atoms with van der Waals surface area (Å²) in [5.74, 6) is -0.315. The molecule has 1 aliphatic carbocycles. The molecule has 1 aliphatic rings. The molecule has 0 radical (unpaired) electrons. The topological polar surface area (TPSA) is 69.4 Å². The Kier molecular flexibility index (Phi) is 2.71. The molecular formula is C9H15NO3. The summed E-state index contributed by atoms with van der Waals surface area (Å²) < 4.78 is 4.59. The van der Waals surface area contributed by atoms with Crippen LogP contribution in [-0.4, -0.2) is 24.4 Å². The molecule has 4 nitrogen and oxygen atoms in total. The Balaban J connectivity index is 2.69. The van der Waals surface area contributed by atoms with Gasteiger partial charge in [-0.25, -0.2) is 0 Å². The highest BCUT2D eigenvalue weighted by Crippen LogP contribution is 2.31. The molecule has 0 spiro atoms. The third kappa shape index (κ3) is 1.88. The van der Waals surface area contributed by atoms with Crippen molar-refractivity contribution in [2.24, 2.45) is 11.7 Å². The van der Waals surface area contributed by atoms with E-state index in [4.69, 9.17) is 5.73 Å². The van der Waals surface area contributed by atoms with Crippen LogP contribution in [0.4, 0.5) is 0 Å². The number of Topliss-reactive ketones (excluding diaryl/α,β-unsaturated/α-hetero) is 1. The molecule has 0 amide bonds. The number of nitrogens with two attached hydrogens (primary N) is 1. The highest BCUT2D eigenvalue weighted by Gasteiger charge is 2.42. The minimum Gasteiger partial charge on any atom is -0.468 e. The lowest BCUT2D eigenvalue weighted by Crippen LogP contribution is -2.51. The van der Waals surface area contributed by atoms with Gasteiger partial charge in [-0.05, 0) is 19.3 Å². The van der Waals surface area contributed by atoms with Crippen molar-refractivity contribution in [2.45, 2.75) is 31.7 Å². The van der Waals surface area contributed by atoms with Gasteiger partial charge in [-0.2, -0.15) is 0 Å². The first-order chi connectivity index (χ1) is 5.98. The molecule has 2 N–H and O–H groups in total. The number of carbonyl (C=O) groups excluding carboxylic acids is 2. The Morgan fingerprint density at radius 1 is 1.69 bits per heavy atom. The van der Waals surface area contributed by atoms with E-state index in [2.05, 4.69) is 4.74 Å². The zero-order chi connectivity index (χ0) is 10.1. The fourth-order valence-electron chi connectivity index (χ4n) is 1.71. The molecule has 2 atom stereocenters. The van der Waals surface area contributed by atoms with Crippen molar-refractivity contribution in [3.05, 3.63) is 0 Å². The smallest absolute Gasteiger partial charge is 0.325 e. The average molecular weight is 185 g/mol. The number of hydrogen-bond donors (Lipinski definition) is 1. The van der Waals surface area contributed by atoms with Crippen molar-refractivity contribution in [2.75, 3.05) is 7.11 Å². The molecule has 0 heterocycles. The first-order valence-electron chi connectivity index (χ1n) is 4.37. The molecule has 4 heteroatoms. The highest BCUT2D eigenvalue weighted by atomic mass is 16.5. The van der Waals surface area contributed by atoms with E-state index in [-0.39, 0.29) is 11.7 Å². The largest absolute Gasteiger partial charge is 0.468 e. The van der Waals surface area contributed by atoms with Gasteiger partial charge in [0.1, 0.15) is 11.3 Å². The second-order valence-electron chi connectivity index (χ2n) is 3.75. The van der Waals surface area contributed by atoms with Gasteiger partial charge in [-0.1, -0.05) is 0 Å². The monoisotopic (exact) mass is 185 g/mol. The molecule has 1 rings (SSSR count). The number of esters is 1. The van der Waals surface area contributed by atoms with Crippen LogP contribution in [0.3, 0.4) is 0 Å². The average Bonchev–Trinajstić information content (AvgIpc) is 2.50. The van der Waals surface area contributed by atoms with Gasteiger partial charge < -0.3 is 10.5 Å². The number of ketones is 1. The van der Waals surface area contributed by atoms with E-state index >= 15 is 0 Å². The standard InChI is InChI=1S/C9H15NO3/c1-9(10,8(12)13-2)6-3-4-7(11)5-6/h6H,3-5,10H2,1-2H3/t6-,9+/m0/s1. The molecule has 0 aromatic rings. The number of methoxy groups -OCH3 is 1. The quantitative estimate of drug-likeness (QED) is 0.626. The molecule has 1 fully saturated rings. The van der Waals surface area contributed by atoms with Crippen molar-refractivity contribution in [3.63, 3.8) is 0 Å². The molecule has 0 aromatic heterocycles. The molecule has 0 bridgehead atoms. The first-order valence-corrected chi connectivity index (χ1v) is 4.37. The van der Waals surface area contributed by atoms with Crippen LogP contribution in [0.5, 0.6) is 0 Å². The molecule has 0 saturated heterocycles. The van der Waals surface area contributed by atoms with Crippen molar-refractivity contribution in [1.29, 1.82) is 0 Å². The van der Waals surface area contributed by atoms with Crippen molar-refractivity contribution >= 4 is 11.8 Å². The lowest BCUT2D eigenvalue weighted by atomic mass is 9.85. The molecular weight excluding hydrogens is 170 g/mol. The Hall–Kier alpha value is -0.900. The fraction of sp³-hybridized carbons (Fsp3) is 0.778. The normalized spacial score (nSPS) is 27.0. The van der Waals surface area contributed by atoms with Crippen LogP contribution in [0.1, 0.15) is 26.2 Å². The maximum atomic E-state index is 11.3. The van der Waals surface area contributed by atoms with Gasteiger partial charge in [0.05, 0.1) is 7.11 Å². The molecule has 1 saturated carbocycles. The lowest BCUT2D eigenvalue weighted by Gasteiger charge is -2.27. The third-order valence-electron chi connectivity index (χ3n) is 2.72. The van der Waals surface area contributed by atoms with E-state index < -0.39 is 11.5 Å². The summed E-state index contributed by atoms with van der Waals surface area (Å²) in [6.07, 6.45) is 1.64. The van der Waals surface area contributed by atoms with Gasteiger partial charge in [0.25, 0.3) is 0 Å². The van der Waals surface area contributed by atoms with Gasteiger partial charge in [0.15, 0.2) is 0 Å². The van der Waals surface area contributed by atoms with Gasteiger partial charge in [-0.15, -0.1) is 0 Å². The summed E-state index contributed by atoms with van der Waals surface area (Å²) in [7, 11) is 1.31. The highest BCUT2D eigenvalue weighted by molar-refractivity contribution is 5.85. The van der Waals surface area contributed by atoms with Gasteiger partial charge in [0, 0.05) is 12.8 Å². The zero-order valence-corrected chi connectivity index (χ0v) is 8.00. The third-order valence-corrected chi connectivity index (χ3v) is 2.72. The minimum absolute atomic E-state index is 0.0625. The number of rotatable bonds is 2. The molecule has 13 heavy (non-hydrogen) atoms. The van der Waals surface area contributed by atoms with E-state index in [1.165, 1.54) is 7.11 Å². The van der Waals surface area contributed by atoms with E-state index in [0.717, 1.165) is 0 Å². The van der Waals surface area contributed by atoms with Crippen LogP contribution < -0.4 is 5.73 Å².